The lowest BCUT2D eigenvalue weighted by atomic mass is 10.1. The number of hydrogen-bond acceptors (Lipinski definition) is 5. The molecule has 0 aliphatic carbocycles. The van der Waals surface area contributed by atoms with Gasteiger partial charge in [0.2, 0.25) is 0 Å². The molecule has 146 valence electrons. The van der Waals surface area contributed by atoms with Crippen LogP contribution in [0.15, 0.2) is 59.7 Å². The lowest BCUT2D eigenvalue weighted by molar-refractivity contribution is -0.123. The minimum Gasteiger partial charge on any atom is -0.379 e. The molecule has 0 unspecified atom stereocenters. The van der Waals surface area contributed by atoms with Gasteiger partial charge >= 0.3 is 0 Å². The Balaban J connectivity index is 1.58. The van der Waals surface area contributed by atoms with E-state index in [1.807, 2.05) is 54.3 Å². The molecule has 1 aliphatic rings. The third-order valence-corrected chi connectivity index (χ3v) is 4.39. The quantitative estimate of drug-likeness (QED) is 0.594. The van der Waals surface area contributed by atoms with Crippen LogP contribution in [0.25, 0.3) is 0 Å². The predicted octanol–water partition coefficient (Wildman–Crippen LogP) is 2.11. The number of rotatable bonds is 6. The second-order valence-corrected chi connectivity index (χ2v) is 6.52. The Morgan fingerprint density at radius 1 is 1.04 bits per heavy atom. The van der Waals surface area contributed by atoms with Crippen LogP contribution >= 0.6 is 0 Å². The van der Waals surface area contributed by atoms with E-state index < -0.39 is 0 Å². The summed E-state index contributed by atoms with van der Waals surface area (Å²) in [5.74, 6) is -0.332. The summed E-state index contributed by atoms with van der Waals surface area (Å²) in [5.41, 5.74) is 5.33. The molecule has 1 heterocycles. The summed E-state index contributed by atoms with van der Waals surface area (Å²) in [6.45, 7) is 4.91. The monoisotopic (exact) mass is 380 g/mol. The molecule has 7 heteroatoms. The van der Waals surface area contributed by atoms with Crippen LogP contribution in [0.4, 0.5) is 5.69 Å². The van der Waals surface area contributed by atoms with Crippen LogP contribution in [0.5, 0.6) is 0 Å². The number of carbonyl (C=O) groups is 2. The van der Waals surface area contributed by atoms with Crippen molar-refractivity contribution in [1.29, 1.82) is 0 Å². The van der Waals surface area contributed by atoms with Gasteiger partial charge in [0.1, 0.15) is 0 Å². The maximum absolute atomic E-state index is 12.3. The highest BCUT2D eigenvalue weighted by molar-refractivity contribution is 6.05. The average Bonchev–Trinajstić information content (AvgIpc) is 2.73. The van der Waals surface area contributed by atoms with Crippen molar-refractivity contribution >= 4 is 23.2 Å². The van der Waals surface area contributed by atoms with Crippen LogP contribution in [0.3, 0.4) is 0 Å². The number of nitrogens with one attached hydrogen (secondary N) is 2. The highest BCUT2D eigenvalue weighted by atomic mass is 16.5. The van der Waals surface area contributed by atoms with Crippen LogP contribution in [0.2, 0.25) is 0 Å². The molecule has 3 rings (SSSR count). The number of anilines is 1. The molecule has 0 bridgehead atoms. The van der Waals surface area contributed by atoms with E-state index in [0.29, 0.717) is 36.7 Å². The van der Waals surface area contributed by atoms with Crippen molar-refractivity contribution in [3.63, 3.8) is 0 Å². The number of amides is 2. The van der Waals surface area contributed by atoms with E-state index in [4.69, 9.17) is 4.74 Å². The second-order valence-electron chi connectivity index (χ2n) is 6.52. The SMILES string of the molecule is C/C(=N/NC(=O)CN1CCOCC1)c1cccc(NC(=O)c2ccccc2)c1. The zero-order valence-corrected chi connectivity index (χ0v) is 15.9. The first kappa shape index (κ1) is 19.7. The lowest BCUT2D eigenvalue weighted by Gasteiger charge is -2.25. The van der Waals surface area contributed by atoms with Gasteiger partial charge in [-0.15, -0.1) is 0 Å². The van der Waals surface area contributed by atoms with E-state index in [-0.39, 0.29) is 11.8 Å². The van der Waals surface area contributed by atoms with Crippen molar-refractivity contribution < 1.29 is 14.3 Å². The highest BCUT2D eigenvalue weighted by Gasteiger charge is 2.13. The van der Waals surface area contributed by atoms with E-state index in [9.17, 15) is 9.59 Å². The lowest BCUT2D eigenvalue weighted by Crippen LogP contribution is -2.42. The van der Waals surface area contributed by atoms with Gasteiger partial charge in [0.05, 0.1) is 25.5 Å². The Morgan fingerprint density at radius 3 is 2.50 bits per heavy atom. The molecular formula is C21H24N4O3. The third kappa shape index (κ3) is 5.73. The fourth-order valence-corrected chi connectivity index (χ4v) is 2.82. The number of carbonyl (C=O) groups excluding carboxylic acids is 2. The third-order valence-electron chi connectivity index (χ3n) is 4.39. The predicted molar refractivity (Wildman–Crippen MR) is 108 cm³/mol. The van der Waals surface area contributed by atoms with Gasteiger partial charge in [-0.25, -0.2) is 5.43 Å². The molecule has 0 atom stereocenters. The molecular weight excluding hydrogens is 356 g/mol. The Morgan fingerprint density at radius 2 is 1.75 bits per heavy atom. The van der Waals surface area contributed by atoms with Crippen LogP contribution in [-0.2, 0) is 9.53 Å². The van der Waals surface area contributed by atoms with Crippen LogP contribution in [0.1, 0.15) is 22.8 Å². The maximum Gasteiger partial charge on any atom is 0.255 e. The summed E-state index contributed by atoms with van der Waals surface area (Å²) >= 11 is 0. The smallest absolute Gasteiger partial charge is 0.255 e. The number of ether oxygens (including phenoxy) is 1. The van der Waals surface area contributed by atoms with Gasteiger partial charge in [-0.05, 0) is 36.8 Å². The van der Waals surface area contributed by atoms with Crippen molar-refractivity contribution in [1.82, 2.24) is 10.3 Å². The zero-order chi connectivity index (χ0) is 19.8. The summed E-state index contributed by atoms with van der Waals surface area (Å²) in [7, 11) is 0. The summed E-state index contributed by atoms with van der Waals surface area (Å²) in [6.07, 6.45) is 0. The zero-order valence-electron chi connectivity index (χ0n) is 15.9. The average molecular weight is 380 g/mol. The molecule has 2 N–H and O–H groups in total. The minimum absolute atomic E-state index is 0.158. The van der Waals surface area contributed by atoms with Crippen molar-refractivity contribution in [2.45, 2.75) is 6.92 Å². The summed E-state index contributed by atoms with van der Waals surface area (Å²) in [6, 6.07) is 16.4. The largest absolute Gasteiger partial charge is 0.379 e. The van der Waals surface area contributed by atoms with Crippen LogP contribution in [-0.4, -0.2) is 55.3 Å². The molecule has 2 amide bonds. The van der Waals surface area contributed by atoms with Crippen molar-refractivity contribution in [2.24, 2.45) is 5.10 Å². The van der Waals surface area contributed by atoms with Gasteiger partial charge in [-0.1, -0.05) is 30.3 Å². The molecule has 1 fully saturated rings. The van der Waals surface area contributed by atoms with E-state index >= 15 is 0 Å². The second kappa shape index (κ2) is 9.77. The molecule has 0 spiro atoms. The first-order valence-corrected chi connectivity index (χ1v) is 9.22. The molecule has 2 aromatic carbocycles. The first-order chi connectivity index (χ1) is 13.6. The molecule has 0 aromatic heterocycles. The first-order valence-electron chi connectivity index (χ1n) is 9.22. The van der Waals surface area contributed by atoms with E-state index in [1.54, 1.807) is 12.1 Å². The Kier molecular flexibility index (Phi) is 6.89. The number of morpholine rings is 1. The van der Waals surface area contributed by atoms with E-state index in [2.05, 4.69) is 15.8 Å². The number of hydrazone groups is 1. The Hall–Kier alpha value is -3.03. The summed E-state index contributed by atoms with van der Waals surface area (Å²) in [4.78, 5) is 26.4. The molecule has 28 heavy (non-hydrogen) atoms. The minimum atomic E-state index is -0.175. The standard InChI is InChI=1S/C21H24N4O3/c1-16(23-24-20(26)15-25-10-12-28-13-11-25)18-8-5-9-19(14-18)22-21(27)17-6-3-2-4-7-17/h2-9,14H,10-13,15H2,1H3,(H,22,27)(H,24,26)/b23-16-. The van der Waals surface area contributed by atoms with E-state index in [0.717, 1.165) is 18.7 Å². The van der Waals surface area contributed by atoms with Crippen molar-refractivity contribution in [3.05, 3.63) is 65.7 Å². The normalized spacial score (nSPS) is 15.1. The van der Waals surface area contributed by atoms with Gasteiger partial charge in [0, 0.05) is 24.3 Å². The fraction of sp³-hybridized carbons (Fsp3) is 0.286. The van der Waals surface area contributed by atoms with Crippen molar-refractivity contribution in [2.75, 3.05) is 38.2 Å². The van der Waals surface area contributed by atoms with Crippen LogP contribution < -0.4 is 10.7 Å². The topological polar surface area (TPSA) is 83.0 Å². The van der Waals surface area contributed by atoms with E-state index in [1.165, 1.54) is 0 Å². The van der Waals surface area contributed by atoms with Gasteiger partial charge < -0.3 is 10.1 Å². The van der Waals surface area contributed by atoms with Gasteiger partial charge in [-0.2, -0.15) is 5.10 Å². The fourth-order valence-electron chi connectivity index (χ4n) is 2.82. The molecule has 0 radical (unpaired) electrons. The number of hydrogen-bond donors (Lipinski definition) is 2. The molecule has 1 aliphatic heterocycles. The summed E-state index contributed by atoms with van der Waals surface area (Å²) < 4.78 is 5.27. The molecule has 2 aromatic rings. The summed E-state index contributed by atoms with van der Waals surface area (Å²) in [5, 5.41) is 7.06. The maximum atomic E-state index is 12.3. The number of benzene rings is 2. The Bertz CT molecular complexity index is 846. The Labute approximate surface area is 164 Å². The van der Waals surface area contributed by atoms with Crippen molar-refractivity contribution in [3.8, 4) is 0 Å². The number of nitrogens with zero attached hydrogens (tertiary/aromatic N) is 2. The van der Waals surface area contributed by atoms with Gasteiger partial charge in [-0.3, -0.25) is 14.5 Å². The van der Waals surface area contributed by atoms with Crippen LogP contribution in [0, 0.1) is 0 Å². The van der Waals surface area contributed by atoms with Gasteiger partial charge in [0.25, 0.3) is 11.8 Å². The highest BCUT2D eigenvalue weighted by Crippen LogP contribution is 2.13. The van der Waals surface area contributed by atoms with Gasteiger partial charge in [0.15, 0.2) is 0 Å². The molecule has 0 saturated carbocycles. The molecule has 7 nitrogen and oxygen atoms in total. The molecule has 1 saturated heterocycles.